The Morgan fingerprint density at radius 2 is 2.00 bits per heavy atom. The van der Waals surface area contributed by atoms with Crippen molar-refractivity contribution < 1.29 is 0 Å². The molecule has 0 aliphatic carbocycles. The molecule has 1 nitrogen and oxygen atoms in total. The fourth-order valence-electron chi connectivity index (χ4n) is 1.30. The minimum atomic E-state index is 0.557. The van der Waals surface area contributed by atoms with Crippen molar-refractivity contribution in [2.75, 3.05) is 16.8 Å². The Balaban J connectivity index is 2.24. The molecule has 0 aliphatic rings. The second kappa shape index (κ2) is 6.44. The smallest absolute Gasteiger partial charge is 0.0480 e. The molecule has 0 aliphatic heterocycles. The highest BCUT2D eigenvalue weighted by Gasteiger charge is 2.05. The summed E-state index contributed by atoms with van der Waals surface area (Å²) in [7, 11) is 0. The van der Waals surface area contributed by atoms with Crippen LogP contribution < -0.4 is 5.32 Å². The zero-order valence-corrected chi connectivity index (χ0v) is 11.7. The first-order valence-corrected chi connectivity index (χ1v) is 7.56. The number of hydrogen-bond donors (Lipinski definition) is 1. The minimum Gasteiger partial charge on any atom is -0.381 e. The predicted molar refractivity (Wildman–Crippen MR) is 74.3 cm³/mol. The van der Waals surface area contributed by atoms with Crippen LogP contribution >= 0.6 is 23.1 Å². The van der Waals surface area contributed by atoms with Crippen LogP contribution in [0.3, 0.4) is 0 Å². The zero-order chi connectivity index (χ0) is 11.3. The van der Waals surface area contributed by atoms with E-state index in [-0.39, 0.29) is 0 Å². The van der Waals surface area contributed by atoms with Gasteiger partial charge in [0.1, 0.15) is 0 Å². The van der Waals surface area contributed by atoms with E-state index in [9.17, 15) is 0 Å². The highest BCUT2D eigenvalue weighted by atomic mass is 32.2. The Bertz CT molecular complexity index is 281. The van der Waals surface area contributed by atoms with Gasteiger partial charge in [0.2, 0.25) is 0 Å². The van der Waals surface area contributed by atoms with Crippen molar-refractivity contribution in [2.45, 2.75) is 33.7 Å². The molecule has 0 saturated heterocycles. The summed E-state index contributed by atoms with van der Waals surface area (Å²) in [6, 6.07) is 0.557. The maximum Gasteiger partial charge on any atom is 0.0480 e. The molecule has 15 heavy (non-hydrogen) atoms. The standard InChI is InChI=1S/C12H21NS2/c1-9(2)5-14-7-11(4)13-12-8-15-6-10(12)3/h6,8-9,11,13H,5,7H2,1-4H3. The summed E-state index contributed by atoms with van der Waals surface area (Å²) in [5.41, 5.74) is 2.67. The van der Waals surface area contributed by atoms with Crippen molar-refractivity contribution >= 4 is 28.8 Å². The summed E-state index contributed by atoms with van der Waals surface area (Å²) in [5.74, 6) is 3.24. The molecule has 1 heterocycles. The molecule has 1 atom stereocenters. The molecular weight excluding hydrogens is 222 g/mol. The van der Waals surface area contributed by atoms with Crippen LogP contribution in [0.25, 0.3) is 0 Å². The molecule has 1 N–H and O–H groups in total. The number of thioether (sulfide) groups is 1. The van der Waals surface area contributed by atoms with E-state index < -0.39 is 0 Å². The van der Waals surface area contributed by atoms with Gasteiger partial charge in [0.15, 0.2) is 0 Å². The molecule has 0 radical (unpaired) electrons. The van der Waals surface area contributed by atoms with Gasteiger partial charge in [-0.1, -0.05) is 13.8 Å². The lowest BCUT2D eigenvalue weighted by Gasteiger charge is -2.15. The molecule has 0 aromatic carbocycles. The Kier molecular flexibility index (Phi) is 5.54. The van der Waals surface area contributed by atoms with Gasteiger partial charge in [-0.3, -0.25) is 0 Å². The van der Waals surface area contributed by atoms with E-state index in [0.29, 0.717) is 6.04 Å². The molecule has 1 aromatic rings. The first-order chi connectivity index (χ1) is 7.09. The predicted octanol–water partition coefficient (Wildman–Crippen LogP) is 4.25. The maximum absolute atomic E-state index is 3.55. The quantitative estimate of drug-likeness (QED) is 0.802. The second-order valence-electron chi connectivity index (χ2n) is 4.45. The molecular formula is C12H21NS2. The lowest BCUT2D eigenvalue weighted by Crippen LogP contribution is -2.18. The lowest BCUT2D eigenvalue weighted by atomic mass is 10.3. The van der Waals surface area contributed by atoms with Crippen molar-refractivity contribution in [3.8, 4) is 0 Å². The molecule has 0 bridgehead atoms. The number of rotatable bonds is 6. The highest BCUT2D eigenvalue weighted by Crippen LogP contribution is 2.21. The SMILES string of the molecule is Cc1cscc1NC(C)CSCC(C)C. The van der Waals surface area contributed by atoms with Crippen molar-refractivity contribution in [1.29, 1.82) is 0 Å². The summed E-state index contributed by atoms with van der Waals surface area (Å²) in [4.78, 5) is 0. The van der Waals surface area contributed by atoms with Crippen LogP contribution in [0.2, 0.25) is 0 Å². The summed E-state index contributed by atoms with van der Waals surface area (Å²) in [5, 5.41) is 7.94. The molecule has 86 valence electrons. The molecule has 1 unspecified atom stereocenters. The van der Waals surface area contributed by atoms with Gasteiger partial charge < -0.3 is 5.32 Å². The van der Waals surface area contributed by atoms with Crippen LogP contribution in [0.5, 0.6) is 0 Å². The van der Waals surface area contributed by atoms with E-state index >= 15 is 0 Å². The number of thiophene rings is 1. The van der Waals surface area contributed by atoms with E-state index in [4.69, 9.17) is 0 Å². The Morgan fingerprint density at radius 1 is 1.27 bits per heavy atom. The van der Waals surface area contributed by atoms with E-state index in [2.05, 4.69) is 43.8 Å². The van der Waals surface area contributed by atoms with Gasteiger partial charge >= 0.3 is 0 Å². The molecule has 0 fully saturated rings. The Labute approximate surface area is 102 Å². The van der Waals surface area contributed by atoms with Crippen LogP contribution in [-0.4, -0.2) is 17.5 Å². The van der Waals surface area contributed by atoms with Gasteiger partial charge in [-0.2, -0.15) is 11.8 Å². The van der Waals surface area contributed by atoms with Crippen molar-refractivity contribution in [3.63, 3.8) is 0 Å². The van der Waals surface area contributed by atoms with E-state index in [1.165, 1.54) is 22.8 Å². The molecule has 0 amide bonds. The van der Waals surface area contributed by atoms with E-state index in [1.807, 2.05) is 11.8 Å². The van der Waals surface area contributed by atoms with Gasteiger partial charge in [-0.15, -0.1) is 11.3 Å². The van der Waals surface area contributed by atoms with Gasteiger partial charge in [0.05, 0.1) is 0 Å². The van der Waals surface area contributed by atoms with Crippen LogP contribution in [0.1, 0.15) is 26.3 Å². The first kappa shape index (κ1) is 12.9. The summed E-state index contributed by atoms with van der Waals surface area (Å²) in [6.45, 7) is 8.96. The van der Waals surface area contributed by atoms with E-state index in [0.717, 1.165) is 5.92 Å². The third kappa shape index (κ3) is 4.94. The molecule has 1 aromatic heterocycles. The van der Waals surface area contributed by atoms with Gasteiger partial charge in [0, 0.05) is 22.9 Å². The topological polar surface area (TPSA) is 12.0 Å². The number of aryl methyl sites for hydroxylation is 1. The summed E-state index contributed by atoms with van der Waals surface area (Å²) in [6.07, 6.45) is 0. The molecule has 0 spiro atoms. The maximum atomic E-state index is 3.55. The molecule has 3 heteroatoms. The minimum absolute atomic E-state index is 0.557. The van der Waals surface area contributed by atoms with Gasteiger partial charge in [-0.25, -0.2) is 0 Å². The monoisotopic (exact) mass is 243 g/mol. The highest BCUT2D eigenvalue weighted by molar-refractivity contribution is 7.99. The van der Waals surface area contributed by atoms with Crippen molar-refractivity contribution in [3.05, 3.63) is 16.3 Å². The third-order valence-electron chi connectivity index (χ3n) is 2.08. The second-order valence-corrected chi connectivity index (χ2v) is 6.26. The average Bonchev–Trinajstić information content (AvgIpc) is 2.51. The number of nitrogens with one attached hydrogen (secondary N) is 1. The molecule has 1 rings (SSSR count). The largest absolute Gasteiger partial charge is 0.381 e. The Morgan fingerprint density at radius 3 is 2.53 bits per heavy atom. The lowest BCUT2D eigenvalue weighted by molar-refractivity contribution is 0.748. The summed E-state index contributed by atoms with van der Waals surface area (Å²) >= 11 is 3.81. The number of anilines is 1. The normalized spacial score (nSPS) is 13.1. The Hall–Kier alpha value is -0.150. The fraction of sp³-hybridized carbons (Fsp3) is 0.667. The van der Waals surface area contributed by atoms with Crippen LogP contribution in [-0.2, 0) is 0 Å². The zero-order valence-electron chi connectivity index (χ0n) is 10.0. The third-order valence-corrected chi connectivity index (χ3v) is 4.58. The number of hydrogen-bond acceptors (Lipinski definition) is 3. The van der Waals surface area contributed by atoms with Gasteiger partial charge in [0.25, 0.3) is 0 Å². The first-order valence-electron chi connectivity index (χ1n) is 5.46. The van der Waals surface area contributed by atoms with Crippen molar-refractivity contribution in [2.24, 2.45) is 5.92 Å². The fourth-order valence-corrected chi connectivity index (χ4v) is 3.13. The van der Waals surface area contributed by atoms with Crippen LogP contribution in [0.15, 0.2) is 10.8 Å². The van der Waals surface area contributed by atoms with Crippen LogP contribution in [0, 0.1) is 12.8 Å². The van der Waals surface area contributed by atoms with Gasteiger partial charge in [-0.05, 0) is 36.5 Å². The summed E-state index contributed by atoms with van der Waals surface area (Å²) < 4.78 is 0. The molecule has 0 saturated carbocycles. The average molecular weight is 243 g/mol. The van der Waals surface area contributed by atoms with Crippen LogP contribution in [0.4, 0.5) is 5.69 Å². The van der Waals surface area contributed by atoms with E-state index in [1.54, 1.807) is 11.3 Å². The van der Waals surface area contributed by atoms with Crippen molar-refractivity contribution in [1.82, 2.24) is 0 Å².